The van der Waals surface area contributed by atoms with E-state index >= 15 is 0 Å². The van der Waals surface area contributed by atoms with Gasteiger partial charge in [0.05, 0.1) is 0 Å². The van der Waals surface area contributed by atoms with Gasteiger partial charge in [0, 0.05) is 23.9 Å². The van der Waals surface area contributed by atoms with E-state index in [1.54, 1.807) is 35.9 Å². The van der Waals surface area contributed by atoms with Crippen molar-refractivity contribution < 1.29 is 0 Å². The van der Waals surface area contributed by atoms with Gasteiger partial charge in [-0.2, -0.15) is 0 Å². The molecule has 1 rings (SSSR count). The van der Waals surface area contributed by atoms with Gasteiger partial charge in [-0.05, 0) is 0 Å². The largest absolute Gasteiger partial charge is 0.245 e. The number of hydrogen-bond donors (Lipinski definition) is 0. The van der Waals surface area contributed by atoms with E-state index in [0.29, 0.717) is 0 Å². The first-order valence-electron chi connectivity index (χ1n) is 4.17. The Balaban J connectivity index is 2.68. The number of aromatic nitrogens is 2. The topological polar surface area (TPSA) is 25.8 Å². The van der Waals surface area contributed by atoms with Crippen molar-refractivity contribution in [3.05, 3.63) is 37.7 Å². The average molecular weight is 224 g/mol. The zero-order valence-electron chi connectivity index (χ0n) is 7.85. The van der Waals surface area contributed by atoms with Crippen molar-refractivity contribution in [2.24, 2.45) is 0 Å². The summed E-state index contributed by atoms with van der Waals surface area (Å²) in [6.45, 7) is 7.35. The monoisotopic (exact) mass is 224 g/mol. The Kier molecular flexibility index (Phi) is 5.40. The van der Waals surface area contributed by atoms with E-state index in [2.05, 4.69) is 23.1 Å². The molecular formula is C10H12N2S2. The number of hydrogen-bond acceptors (Lipinski definition) is 4. The Bertz CT molecular complexity index is 282. The maximum absolute atomic E-state index is 4.27. The summed E-state index contributed by atoms with van der Waals surface area (Å²) in [5.41, 5.74) is 0. The van der Waals surface area contributed by atoms with Gasteiger partial charge in [0.1, 0.15) is 10.1 Å². The molecule has 1 heterocycles. The maximum Gasteiger partial charge on any atom is 0.129 e. The summed E-state index contributed by atoms with van der Waals surface area (Å²) in [5.74, 6) is 1.72. The molecule has 0 bridgehead atoms. The first-order valence-corrected chi connectivity index (χ1v) is 6.14. The van der Waals surface area contributed by atoms with Crippen LogP contribution in [-0.4, -0.2) is 21.5 Å². The molecule has 0 N–H and O–H groups in total. The van der Waals surface area contributed by atoms with Gasteiger partial charge in [0.25, 0.3) is 0 Å². The molecule has 0 aromatic carbocycles. The summed E-state index contributed by atoms with van der Waals surface area (Å²) in [4.78, 5) is 8.53. The van der Waals surface area contributed by atoms with E-state index in [4.69, 9.17) is 0 Å². The second-order valence-electron chi connectivity index (χ2n) is 2.37. The van der Waals surface area contributed by atoms with Crippen molar-refractivity contribution in [2.75, 3.05) is 11.5 Å². The molecule has 14 heavy (non-hydrogen) atoms. The van der Waals surface area contributed by atoms with Crippen molar-refractivity contribution in [2.45, 2.75) is 10.1 Å². The van der Waals surface area contributed by atoms with Crippen LogP contribution in [0.4, 0.5) is 0 Å². The van der Waals surface area contributed by atoms with E-state index in [0.717, 1.165) is 21.6 Å². The van der Waals surface area contributed by atoms with Crippen LogP contribution in [0.1, 0.15) is 0 Å². The fourth-order valence-corrected chi connectivity index (χ4v) is 2.31. The third-order valence-corrected chi connectivity index (χ3v) is 3.39. The van der Waals surface area contributed by atoms with Crippen LogP contribution in [0.15, 0.2) is 47.8 Å². The predicted molar refractivity (Wildman–Crippen MR) is 63.9 cm³/mol. The molecule has 0 saturated heterocycles. The normalized spacial score (nSPS) is 9.71. The molecule has 0 radical (unpaired) electrons. The van der Waals surface area contributed by atoms with E-state index in [9.17, 15) is 0 Å². The quantitative estimate of drug-likeness (QED) is 0.548. The lowest BCUT2D eigenvalue weighted by atomic mass is 10.7. The van der Waals surface area contributed by atoms with Gasteiger partial charge in [0.15, 0.2) is 0 Å². The summed E-state index contributed by atoms with van der Waals surface area (Å²) in [6, 6.07) is 0. The second-order valence-corrected chi connectivity index (χ2v) is 4.38. The summed E-state index contributed by atoms with van der Waals surface area (Å²) in [7, 11) is 0. The third kappa shape index (κ3) is 3.55. The molecule has 2 nitrogen and oxygen atoms in total. The molecular weight excluding hydrogens is 212 g/mol. The smallest absolute Gasteiger partial charge is 0.129 e. The molecule has 1 aromatic rings. The SMILES string of the molecule is C=CCSc1nccnc1SCC=C. The van der Waals surface area contributed by atoms with E-state index in [-0.39, 0.29) is 0 Å². The number of nitrogens with zero attached hydrogens (tertiary/aromatic N) is 2. The zero-order valence-corrected chi connectivity index (χ0v) is 9.48. The average Bonchev–Trinajstić information content (AvgIpc) is 2.24. The lowest BCUT2D eigenvalue weighted by Gasteiger charge is -2.03. The minimum absolute atomic E-state index is 0.861. The highest BCUT2D eigenvalue weighted by Crippen LogP contribution is 2.26. The highest BCUT2D eigenvalue weighted by Gasteiger charge is 2.03. The minimum atomic E-state index is 0.861. The number of thioether (sulfide) groups is 2. The summed E-state index contributed by atoms with van der Waals surface area (Å²) < 4.78 is 0. The zero-order chi connectivity index (χ0) is 10.2. The predicted octanol–water partition coefficient (Wildman–Crippen LogP) is 3.03. The Hall–Kier alpha value is -0.740. The Labute approximate surface area is 92.9 Å². The summed E-state index contributed by atoms with van der Waals surface area (Å²) in [6.07, 6.45) is 7.15. The van der Waals surface area contributed by atoms with Crippen molar-refractivity contribution >= 4 is 23.5 Å². The highest BCUT2D eigenvalue weighted by molar-refractivity contribution is 8.02. The van der Waals surface area contributed by atoms with Crippen molar-refractivity contribution in [1.82, 2.24) is 9.97 Å². The van der Waals surface area contributed by atoms with Crippen LogP contribution in [0.25, 0.3) is 0 Å². The lowest BCUT2D eigenvalue weighted by molar-refractivity contribution is 0.922. The molecule has 0 amide bonds. The minimum Gasteiger partial charge on any atom is -0.245 e. The fraction of sp³-hybridized carbons (Fsp3) is 0.200. The fourth-order valence-electron chi connectivity index (χ4n) is 0.786. The molecule has 1 aromatic heterocycles. The molecule has 0 aliphatic rings. The van der Waals surface area contributed by atoms with Crippen LogP contribution in [0.5, 0.6) is 0 Å². The van der Waals surface area contributed by atoms with Gasteiger partial charge < -0.3 is 0 Å². The van der Waals surface area contributed by atoms with E-state index < -0.39 is 0 Å². The Morgan fingerprint density at radius 1 is 1.00 bits per heavy atom. The van der Waals surface area contributed by atoms with Crippen LogP contribution < -0.4 is 0 Å². The Morgan fingerprint density at radius 2 is 1.43 bits per heavy atom. The summed E-state index contributed by atoms with van der Waals surface area (Å²) in [5, 5.41) is 1.94. The van der Waals surface area contributed by atoms with Crippen molar-refractivity contribution in [1.29, 1.82) is 0 Å². The van der Waals surface area contributed by atoms with Gasteiger partial charge in [-0.3, -0.25) is 0 Å². The van der Waals surface area contributed by atoms with Crippen LogP contribution in [0.3, 0.4) is 0 Å². The molecule has 0 spiro atoms. The summed E-state index contributed by atoms with van der Waals surface area (Å²) >= 11 is 3.30. The molecule has 0 aliphatic carbocycles. The first-order chi connectivity index (χ1) is 6.88. The van der Waals surface area contributed by atoms with E-state index in [1.165, 1.54) is 0 Å². The second kappa shape index (κ2) is 6.68. The van der Waals surface area contributed by atoms with Crippen LogP contribution in [-0.2, 0) is 0 Å². The molecule has 0 aliphatic heterocycles. The van der Waals surface area contributed by atoms with E-state index in [1.807, 2.05) is 12.2 Å². The standard InChI is InChI=1S/C10H12N2S2/c1-3-7-13-9-10(14-8-4-2)12-6-5-11-9/h3-6H,1-2,7-8H2. The van der Waals surface area contributed by atoms with Gasteiger partial charge in [-0.15, -0.1) is 13.2 Å². The Morgan fingerprint density at radius 3 is 1.79 bits per heavy atom. The first kappa shape index (κ1) is 11.3. The highest BCUT2D eigenvalue weighted by atomic mass is 32.2. The molecule has 0 unspecified atom stereocenters. The molecule has 4 heteroatoms. The maximum atomic E-state index is 4.27. The van der Waals surface area contributed by atoms with Crippen LogP contribution in [0, 0.1) is 0 Å². The van der Waals surface area contributed by atoms with Crippen LogP contribution >= 0.6 is 23.5 Å². The van der Waals surface area contributed by atoms with Gasteiger partial charge >= 0.3 is 0 Å². The third-order valence-electron chi connectivity index (χ3n) is 1.31. The molecule has 74 valence electrons. The van der Waals surface area contributed by atoms with Gasteiger partial charge in [-0.25, -0.2) is 9.97 Å². The van der Waals surface area contributed by atoms with Gasteiger partial charge in [0.2, 0.25) is 0 Å². The van der Waals surface area contributed by atoms with Crippen molar-refractivity contribution in [3.8, 4) is 0 Å². The van der Waals surface area contributed by atoms with Crippen LogP contribution in [0.2, 0.25) is 0 Å². The molecule has 0 saturated carbocycles. The van der Waals surface area contributed by atoms with Gasteiger partial charge in [-0.1, -0.05) is 35.7 Å². The molecule has 0 atom stereocenters. The number of rotatable bonds is 6. The lowest BCUT2D eigenvalue weighted by Crippen LogP contribution is -1.89. The van der Waals surface area contributed by atoms with Crippen molar-refractivity contribution in [3.63, 3.8) is 0 Å². The molecule has 0 fully saturated rings.